The van der Waals surface area contributed by atoms with Gasteiger partial charge in [0.25, 0.3) is 0 Å². The highest BCUT2D eigenvalue weighted by Crippen LogP contribution is 2.28. The quantitative estimate of drug-likeness (QED) is 0.636. The number of nitrogens with zero attached hydrogens (tertiary/aromatic N) is 3. The standard InChI is InChI=1S/C11H15N3/c1-8-5-6-14-7-12-13-10(14)9(8)11(2,3)4/h5-7H,1-4H3. The zero-order valence-electron chi connectivity index (χ0n) is 9.07. The zero-order valence-corrected chi connectivity index (χ0v) is 9.07. The minimum atomic E-state index is 0.111. The van der Waals surface area contributed by atoms with E-state index in [1.165, 1.54) is 11.1 Å². The van der Waals surface area contributed by atoms with Gasteiger partial charge in [-0.3, -0.25) is 4.40 Å². The Morgan fingerprint density at radius 2 is 2.00 bits per heavy atom. The van der Waals surface area contributed by atoms with E-state index >= 15 is 0 Å². The summed E-state index contributed by atoms with van der Waals surface area (Å²) in [6.07, 6.45) is 3.74. The topological polar surface area (TPSA) is 30.2 Å². The first-order valence-corrected chi connectivity index (χ1v) is 4.79. The van der Waals surface area contributed by atoms with Crippen LogP contribution < -0.4 is 0 Å². The summed E-state index contributed by atoms with van der Waals surface area (Å²) < 4.78 is 1.97. The van der Waals surface area contributed by atoms with Gasteiger partial charge in [0.05, 0.1) is 0 Å². The smallest absolute Gasteiger partial charge is 0.164 e. The number of hydrogen-bond acceptors (Lipinski definition) is 2. The van der Waals surface area contributed by atoms with Crippen molar-refractivity contribution in [3.63, 3.8) is 0 Å². The zero-order chi connectivity index (χ0) is 10.3. The molecule has 0 fully saturated rings. The van der Waals surface area contributed by atoms with E-state index in [0.29, 0.717) is 0 Å². The molecule has 0 aliphatic carbocycles. The van der Waals surface area contributed by atoms with Gasteiger partial charge in [-0.05, 0) is 24.0 Å². The van der Waals surface area contributed by atoms with Crippen molar-refractivity contribution in [2.75, 3.05) is 0 Å². The van der Waals surface area contributed by atoms with E-state index in [1.54, 1.807) is 6.33 Å². The van der Waals surface area contributed by atoms with Gasteiger partial charge in [-0.15, -0.1) is 10.2 Å². The third-order valence-electron chi connectivity index (χ3n) is 2.43. The Morgan fingerprint density at radius 1 is 1.29 bits per heavy atom. The third-order valence-corrected chi connectivity index (χ3v) is 2.43. The van der Waals surface area contributed by atoms with Gasteiger partial charge in [-0.25, -0.2) is 0 Å². The molecule has 0 aliphatic rings. The predicted octanol–water partition coefficient (Wildman–Crippen LogP) is 2.34. The van der Waals surface area contributed by atoms with E-state index in [4.69, 9.17) is 0 Å². The Bertz CT molecular complexity index is 463. The Morgan fingerprint density at radius 3 is 2.64 bits per heavy atom. The van der Waals surface area contributed by atoms with Crippen molar-refractivity contribution in [1.29, 1.82) is 0 Å². The Kier molecular flexibility index (Phi) is 1.84. The second-order valence-corrected chi connectivity index (χ2v) is 4.69. The summed E-state index contributed by atoms with van der Waals surface area (Å²) in [6, 6.07) is 2.11. The maximum Gasteiger partial charge on any atom is 0.164 e. The number of pyridine rings is 1. The summed E-state index contributed by atoms with van der Waals surface area (Å²) in [6.45, 7) is 8.72. The highest BCUT2D eigenvalue weighted by molar-refractivity contribution is 5.54. The van der Waals surface area contributed by atoms with Gasteiger partial charge in [-0.1, -0.05) is 20.8 Å². The van der Waals surface area contributed by atoms with Crippen LogP contribution in [0.3, 0.4) is 0 Å². The van der Waals surface area contributed by atoms with Crippen LogP contribution in [0.1, 0.15) is 31.9 Å². The van der Waals surface area contributed by atoms with Crippen LogP contribution in [-0.2, 0) is 5.41 Å². The number of aryl methyl sites for hydroxylation is 1. The molecular formula is C11H15N3. The Labute approximate surface area is 83.8 Å². The summed E-state index contributed by atoms with van der Waals surface area (Å²) in [4.78, 5) is 0. The van der Waals surface area contributed by atoms with E-state index in [2.05, 4.69) is 44.0 Å². The van der Waals surface area contributed by atoms with Crippen molar-refractivity contribution < 1.29 is 0 Å². The second-order valence-electron chi connectivity index (χ2n) is 4.69. The molecule has 2 rings (SSSR count). The lowest BCUT2D eigenvalue weighted by Crippen LogP contribution is -2.15. The number of rotatable bonds is 0. The predicted molar refractivity (Wildman–Crippen MR) is 56.4 cm³/mol. The second kappa shape index (κ2) is 2.80. The average molecular weight is 189 g/mol. The van der Waals surface area contributed by atoms with E-state index < -0.39 is 0 Å². The van der Waals surface area contributed by atoms with Crippen LogP contribution in [0.2, 0.25) is 0 Å². The molecular weight excluding hydrogens is 174 g/mol. The molecule has 2 aromatic heterocycles. The van der Waals surface area contributed by atoms with Gasteiger partial charge < -0.3 is 0 Å². The fraction of sp³-hybridized carbons (Fsp3) is 0.455. The number of fused-ring (bicyclic) bond motifs is 1. The minimum Gasteiger partial charge on any atom is -0.289 e. The monoisotopic (exact) mass is 189 g/mol. The van der Waals surface area contributed by atoms with E-state index in [-0.39, 0.29) is 5.41 Å². The molecule has 0 spiro atoms. The van der Waals surface area contributed by atoms with Gasteiger partial charge in [0.1, 0.15) is 6.33 Å². The van der Waals surface area contributed by atoms with Crippen molar-refractivity contribution in [3.8, 4) is 0 Å². The van der Waals surface area contributed by atoms with Crippen molar-refractivity contribution >= 4 is 5.65 Å². The average Bonchev–Trinajstić information content (AvgIpc) is 2.48. The highest BCUT2D eigenvalue weighted by Gasteiger charge is 2.20. The van der Waals surface area contributed by atoms with Gasteiger partial charge in [0.2, 0.25) is 0 Å². The van der Waals surface area contributed by atoms with E-state index in [1.807, 2.05) is 10.6 Å². The Hall–Kier alpha value is -1.38. The molecule has 3 heteroatoms. The lowest BCUT2D eigenvalue weighted by molar-refractivity contribution is 0.587. The molecule has 3 nitrogen and oxygen atoms in total. The normalized spacial score (nSPS) is 12.3. The van der Waals surface area contributed by atoms with Crippen LogP contribution in [0.5, 0.6) is 0 Å². The largest absolute Gasteiger partial charge is 0.289 e. The number of aromatic nitrogens is 3. The van der Waals surface area contributed by atoms with Crippen molar-refractivity contribution in [1.82, 2.24) is 14.6 Å². The molecule has 0 saturated carbocycles. The van der Waals surface area contributed by atoms with Gasteiger partial charge in [-0.2, -0.15) is 0 Å². The first kappa shape index (κ1) is 9.19. The molecule has 0 saturated heterocycles. The van der Waals surface area contributed by atoms with Crippen LogP contribution in [0.25, 0.3) is 5.65 Å². The fourth-order valence-electron chi connectivity index (χ4n) is 1.91. The van der Waals surface area contributed by atoms with Crippen LogP contribution >= 0.6 is 0 Å². The first-order valence-electron chi connectivity index (χ1n) is 4.79. The van der Waals surface area contributed by atoms with Gasteiger partial charge >= 0.3 is 0 Å². The van der Waals surface area contributed by atoms with Crippen molar-refractivity contribution in [2.45, 2.75) is 33.1 Å². The lowest BCUT2D eigenvalue weighted by atomic mass is 9.85. The molecule has 2 heterocycles. The molecule has 0 amide bonds. The number of hydrogen-bond donors (Lipinski definition) is 0. The summed E-state index contributed by atoms with van der Waals surface area (Å²) in [5.41, 5.74) is 3.63. The molecule has 0 atom stereocenters. The van der Waals surface area contributed by atoms with E-state index in [0.717, 1.165) is 5.65 Å². The molecule has 0 aromatic carbocycles. The summed E-state index contributed by atoms with van der Waals surface area (Å²) in [5.74, 6) is 0. The van der Waals surface area contributed by atoms with Gasteiger partial charge in [0, 0.05) is 11.8 Å². The van der Waals surface area contributed by atoms with Crippen molar-refractivity contribution in [2.24, 2.45) is 0 Å². The summed E-state index contributed by atoms with van der Waals surface area (Å²) in [5, 5.41) is 8.09. The fourth-order valence-corrected chi connectivity index (χ4v) is 1.91. The summed E-state index contributed by atoms with van der Waals surface area (Å²) in [7, 11) is 0. The van der Waals surface area contributed by atoms with Crippen molar-refractivity contribution in [3.05, 3.63) is 29.7 Å². The van der Waals surface area contributed by atoms with E-state index in [9.17, 15) is 0 Å². The Balaban J connectivity index is 2.83. The maximum atomic E-state index is 4.16. The van der Waals surface area contributed by atoms with Crippen LogP contribution in [0.4, 0.5) is 0 Å². The van der Waals surface area contributed by atoms with Crippen LogP contribution in [0, 0.1) is 6.92 Å². The molecule has 2 aromatic rings. The third kappa shape index (κ3) is 1.29. The SMILES string of the molecule is Cc1ccn2cnnc2c1C(C)(C)C. The molecule has 14 heavy (non-hydrogen) atoms. The summed E-state index contributed by atoms with van der Waals surface area (Å²) >= 11 is 0. The molecule has 0 bridgehead atoms. The lowest BCUT2D eigenvalue weighted by Gasteiger charge is -2.21. The molecule has 74 valence electrons. The maximum absolute atomic E-state index is 4.16. The molecule has 0 unspecified atom stereocenters. The van der Waals surface area contributed by atoms with Crippen LogP contribution in [0.15, 0.2) is 18.6 Å². The first-order chi connectivity index (χ1) is 6.50. The highest BCUT2D eigenvalue weighted by atomic mass is 15.2. The molecule has 0 aliphatic heterocycles. The molecule has 0 radical (unpaired) electrons. The molecule has 0 N–H and O–H groups in total. The minimum absolute atomic E-state index is 0.111. The van der Waals surface area contributed by atoms with Crippen LogP contribution in [-0.4, -0.2) is 14.6 Å². The van der Waals surface area contributed by atoms with Gasteiger partial charge in [0.15, 0.2) is 5.65 Å².